The summed E-state index contributed by atoms with van der Waals surface area (Å²) in [7, 11) is -0.892. The minimum Gasteiger partial charge on any atom is -0.481 e. The van der Waals surface area contributed by atoms with Gasteiger partial charge in [-0.05, 0) is 19.3 Å². The molecule has 0 radical (unpaired) electrons. The fourth-order valence-electron chi connectivity index (χ4n) is 2.65. The standard InChI is InChI=1S/C14H25NO4S/c1-11(20(2)19)6-9-15-12(16)10-14(13(17)18)7-4-3-5-8-14/h11H,3-10H2,1-2H3,(H,15,16)(H,17,18). The lowest BCUT2D eigenvalue weighted by molar-refractivity contribution is -0.154. The molecule has 1 fully saturated rings. The molecule has 0 saturated heterocycles. The van der Waals surface area contributed by atoms with E-state index in [1.165, 1.54) is 0 Å². The molecule has 0 bridgehead atoms. The van der Waals surface area contributed by atoms with Crippen molar-refractivity contribution in [2.75, 3.05) is 12.8 Å². The van der Waals surface area contributed by atoms with E-state index >= 15 is 0 Å². The first-order valence-electron chi connectivity index (χ1n) is 7.20. The summed E-state index contributed by atoms with van der Waals surface area (Å²) in [5.41, 5.74) is -0.873. The van der Waals surface area contributed by atoms with Gasteiger partial charge in [0.2, 0.25) is 5.91 Å². The molecule has 1 aliphatic rings. The van der Waals surface area contributed by atoms with Gasteiger partial charge in [0.15, 0.2) is 0 Å². The Balaban J connectivity index is 2.43. The number of rotatable bonds is 7. The molecular weight excluding hydrogens is 278 g/mol. The molecule has 0 aliphatic heterocycles. The Morgan fingerprint density at radius 3 is 2.40 bits per heavy atom. The lowest BCUT2D eigenvalue weighted by Gasteiger charge is -2.32. The molecule has 2 N–H and O–H groups in total. The lowest BCUT2D eigenvalue weighted by Crippen LogP contribution is -2.39. The summed E-state index contributed by atoms with van der Waals surface area (Å²) >= 11 is 0. The fraction of sp³-hybridized carbons (Fsp3) is 0.857. The topological polar surface area (TPSA) is 83.5 Å². The zero-order valence-corrected chi connectivity index (χ0v) is 13.1. The van der Waals surface area contributed by atoms with Crippen LogP contribution in [0.5, 0.6) is 0 Å². The van der Waals surface area contributed by atoms with Gasteiger partial charge >= 0.3 is 5.97 Å². The summed E-state index contributed by atoms with van der Waals surface area (Å²) in [4.78, 5) is 23.4. The first kappa shape index (κ1) is 17.1. The molecule has 0 aromatic rings. The monoisotopic (exact) mass is 303 g/mol. The van der Waals surface area contributed by atoms with Crippen molar-refractivity contribution < 1.29 is 18.9 Å². The largest absolute Gasteiger partial charge is 0.481 e. The van der Waals surface area contributed by atoms with Crippen LogP contribution in [0.25, 0.3) is 0 Å². The highest BCUT2D eigenvalue weighted by Gasteiger charge is 2.41. The van der Waals surface area contributed by atoms with Gasteiger partial charge in [-0.3, -0.25) is 13.8 Å². The number of carbonyl (C=O) groups is 2. The van der Waals surface area contributed by atoms with E-state index in [1.807, 2.05) is 6.92 Å². The summed E-state index contributed by atoms with van der Waals surface area (Å²) in [6.45, 7) is 2.33. The van der Waals surface area contributed by atoms with E-state index in [1.54, 1.807) is 6.26 Å². The van der Waals surface area contributed by atoms with Crippen LogP contribution in [0.3, 0.4) is 0 Å². The second kappa shape index (κ2) is 7.76. The van der Waals surface area contributed by atoms with Crippen LogP contribution >= 0.6 is 0 Å². The molecule has 2 unspecified atom stereocenters. The third-order valence-corrected chi connectivity index (χ3v) is 5.57. The van der Waals surface area contributed by atoms with Gasteiger partial charge in [0.25, 0.3) is 0 Å². The molecule has 116 valence electrons. The maximum Gasteiger partial charge on any atom is 0.310 e. The van der Waals surface area contributed by atoms with E-state index in [0.717, 1.165) is 19.3 Å². The molecule has 0 aromatic heterocycles. The molecule has 6 heteroatoms. The Kier molecular flexibility index (Phi) is 6.65. The van der Waals surface area contributed by atoms with Crippen molar-refractivity contribution in [3.05, 3.63) is 0 Å². The molecule has 20 heavy (non-hydrogen) atoms. The summed E-state index contributed by atoms with van der Waals surface area (Å²) in [5, 5.41) is 12.2. The third-order valence-electron chi connectivity index (χ3n) is 4.20. The zero-order chi connectivity index (χ0) is 15.2. The van der Waals surface area contributed by atoms with E-state index in [2.05, 4.69) is 5.32 Å². The molecule has 1 amide bonds. The normalized spacial score (nSPS) is 20.9. The van der Waals surface area contributed by atoms with E-state index in [-0.39, 0.29) is 17.6 Å². The van der Waals surface area contributed by atoms with Crippen molar-refractivity contribution in [2.24, 2.45) is 5.41 Å². The van der Waals surface area contributed by atoms with Crippen molar-refractivity contribution in [2.45, 2.75) is 57.1 Å². The van der Waals surface area contributed by atoms with Crippen molar-refractivity contribution in [3.8, 4) is 0 Å². The van der Waals surface area contributed by atoms with Crippen molar-refractivity contribution in [1.82, 2.24) is 5.32 Å². The van der Waals surface area contributed by atoms with Gasteiger partial charge in [0.1, 0.15) is 0 Å². The SMILES string of the molecule is CC(CCNC(=O)CC1(C(=O)O)CCCCC1)S(C)=O. The number of carboxylic acid groups (broad SMARTS) is 1. The molecule has 1 aliphatic carbocycles. The summed E-state index contributed by atoms with van der Waals surface area (Å²) in [6, 6.07) is 0. The van der Waals surface area contributed by atoms with Crippen LogP contribution in [0, 0.1) is 5.41 Å². The van der Waals surface area contributed by atoms with Gasteiger partial charge in [-0.2, -0.15) is 0 Å². The maximum absolute atomic E-state index is 11.9. The smallest absolute Gasteiger partial charge is 0.310 e. The lowest BCUT2D eigenvalue weighted by atomic mass is 9.71. The van der Waals surface area contributed by atoms with Crippen LogP contribution in [0.2, 0.25) is 0 Å². The van der Waals surface area contributed by atoms with Gasteiger partial charge in [-0.25, -0.2) is 0 Å². The Morgan fingerprint density at radius 1 is 1.30 bits per heavy atom. The number of carbonyl (C=O) groups excluding carboxylic acids is 1. The number of carboxylic acids is 1. The fourth-order valence-corrected chi connectivity index (χ4v) is 3.10. The van der Waals surface area contributed by atoms with Crippen LogP contribution in [0.4, 0.5) is 0 Å². The Hall–Kier alpha value is -0.910. The Morgan fingerprint density at radius 2 is 1.90 bits per heavy atom. The number of amides is 1. The Labute approximate surface area is 123 Å². The predicted molar refractivity (Wildman–Crippen MR) is 78.9 cm³/mol. The average molecular weight is 303 g/mol. The van der Waals surface area contributed by atoms with Crippen molar-refractivity contribution in [1.29, 1.82) is 0 Å². The second-order valence-corrected chi connectivity index (χ2v) is 7.57. The number of hydrogen-bond donors (Lipinski definition) is 2. The first-order chi connectivity index (χ1) is 9.37. The second-order valence-electron chi connectivity index (χ2n) is 5.77. The van der Waals surface area contributed by atoms with Gasteiger partial charge in [-0.15, -0.1) is 0 Å². The highest BCUT2D eigenvalue weighted by molar-refractivity contribution is 7.84. The van der Waals surface area contributed by atoms with Gasteiger partial charge in [0.05, 0.1) is 5.41 Å². The highest BCUT2D eigenvalue weighted by Crippen LogP contribution is 2.39. The molecule has 0 heterocycles. The van der Waals surface area contributed by atoms with Crippen molar-refractivity contribution >= 4 is 22.7 Å². The number of aliphatic carboxylic acids is 1. The summed E-state index contributed by atoms with van der Waals surface area (Å²) in [5.74, 6) is -1.06. The molecule has 0 aromatic carbocycles. The average Bonchev–Trinajstić information content (AvgIpc) is 2.39. The van der Waals surface area contributed by atoms with Crippen molar-refractivity contribution in [3.63, 3.8) is 0 Å². The minimum atomic E-state index is -0.892. The molecule has 5 nitrogen and oxygen atoms in total. The van der Waals surface area contributed by atoms with E-state index in [9.17, 15) is 18.9 Å². The molecular formula is C14H25NO4S. The molecule has 0 spiro atoms. The van der Waals surface area contributed by atoms with Crippen LogP contribution < -0.4 is 5.32 Å². The predicted octanol–water partition coefficient (Wildman–Crippen LogP) is 1.68. The van der Waals surface area contributed by atoms with Crippen LogP contribution in [-0.4, -0.2) is 39.2 Å². The maximum atomic E-state index is 11.9. The highest BCUT2D eigenvalue weighted by atomic mass is 32.2. The minimum absolute atomic E-state index is 0.0402. The third kappa shape index (κ3) is 4.89. The van der Waals surface area contributed by atoms with Crippen LogP contribution in [0.15, 0.2) is 0 Å². The van der Waals surface area contributed by atoms with Gasteiger partial charge < -0.3 is 10.4 Å². The van der Waals surface area contributed by atoms with E-state index in [0.29, 0.717) is 25.8 Å². The van der Waals surface area contributed by atoms with Gasteiger partial charge in [0, 0.05) is 35.3 Å². The molecule has 2 atom stereocenters. The Bertz CT molecular complexity index is 377. The number of hydrogen-bond acceptors (Lipinski definition) is 3. The summed E-state index contributed by atoms with van der Waals surface area (Å²) in [6.07, 6.45) is 6.35. The van der Waals surface area contributed by atoms with Gasteiger partial charge in [-0.1, -0.05) is 26.2 Å². The molecule has 1 saturated carbocycles. The first-order valence-corrected chi connectivity index (χ1v) is 8.82. The molecule has 1 rings (SSSR count). The van der Waals surface area contributed by atoms with E-state index < -0.39 is 22.2 Å². The van der Waals surface area contributed by atoms with E-state index in [4.69, 9.17) is 0 Å². The number of nitrogens with one attached hydrogen (secondary N) is 1. The van der Waals surface area contributed by atoms with Crippen LogP contribution in [0.1, 0.15) is 51.9 Å². The quantitative estimate of drug-likeness (QED) is 0.749. The zero-order valence-electron chi connectivity index (χ0n) is 12.3. The van der Waals surface area contributed by atoms with Crippen LogP contribution in [-0.2, 0) is 20.4 Å². The summed E-state index contributed by atoms with van der Waals surface area (Å²) < 4.78 is 11.2.